The highest BCUT2D eigenvalue weighted by Crippen LogP contribution is 2.57. The number of esters is 1. The van der Waals surface area contributed by atoms with Crippen molar-refractivity contribution >= 4 is 29.0 Å². The molecule has 0 aromatic heterocycles. The molecule has 1 atom stereocenters. The van der Waals surface area contributed by atoms with E-state index in [9.17, 15) is 14.4 Å². The molecule has 1 aliphatic carbocycles. The Hall–Kier alpha value is -3.87. The summed E-state index contributed by atoms with van der Waals surface area (Å²) in [4.78, 5) is 43.6. The molecule has 0 fully saturated rings. The molecule has 0 bridgehead atoms. The first kappa shape index (κ1) is 23.9. The summed E-state index contributed by atoms with van der Waals surface area (Å²) in [6.45, 7) is 9.74. The van der Waals surface area contributed by atoms with Crippen molar-refractivity contribution in [1.29, 1.82) is 0 Å². The lowest BCUT2D eigenvalue weighted by molar-refractivity contribution is -0.140. The predicted molar refractivity (Wildman–Crippen MR) is 138 cm³/mol. The summed E-state index contributed by atoms with van der Waals surface area (Å²) in [7, 11) is 0. The van der Waals surface area contributed by atoms with Crippen LogP contribution in [0.4, 0.5) is 11.4 Å². The minimum atomic E-state index is -1.68. The maximum Gasteiger partial charge on any atom is 0.339 e. The first-order valence-corrected chi connectivity index (χ1v) is 12.3. The third-order valence-corrected chi connectivity index (χ3v) is 7.37. The number of carbonyl (C=O) groups excluding carboxylic acids is 3. The van der Waals surface area contributed by atoms with Gasteiger partial charge in [-0.1, -0.05) is 49.7 Å². The van der Waals surface area contributed by atoms with Crippen molar-refractivity contribution in [3.63, 3.8) is 0 Å². The van der Waals surface area contributed by atoms with Crippen molar-refractivity contribution in [3.8, 4) is 0 Å². The molecule has 0 radical (unpaired) electrons. The topological polar surface area (TPSA) is 102 Å². The summed E-state index contributed by atoms with van der Waals surface area (Å²) >= 11 is 0. The van der Waals surface area contributed by atoms with E-state index in [0.717, 1.165) is 16.8 Å². The number of carbonyl (C=O) groups is 3. The highest BCUT2D eigenvalue weighted by atomic mass is 16.5. The largest absolute Gasteiger partial charge is 0.462 e. The normalized spacial score (nSPS) is 22.5. The van der Waals surface area contributed by atoms with Gasteiger partial charge in [-0.05, 0) is 50.3 Å². The number of amides is 1. The van der Waals surface area contributed by atoms with Gasteiger partial charge in [-0.2, -0.15) is 0 Å². The molecule has 36 heavy (non-hydrogen) atoms. The van der Waals surface area contributed by atoms with E-state index in [1.165, 1.54) is 0 Å². The maximum atomic E-state index is 14.1. The van der Waals surface area contributed by atoms with E-state index >= 15 is 0 Å². The van der Waals surface area contributed by atoms with Gasteiger partial charge in [0, 0.05) is 28.9 Å². The minimum Gasteiger partial charge on any atom is -0.462 e. The van der Waals surface area contributed by atoms with Gasteiger partial charge >= 0.3 is 5.97 Å². The van der Waals surface area contributed by atoms with Crippen LogP contribution in [-0.4, -0.2) is 24.3 Å². The number of ketones is 1. The lowest BCUT2D eigenvalue weighted by Gasteiger charge is -2.47. The van der Waals surface area contributed by atoms with E-state index in [0.29, 0.717) is 28.9 Å². The number of para-hydroxylation sites is 1. The molecule has 0 saturated carbocycles. The monoisotopic (exact) mass is 485 g/mol. The maximum absolute atomic E-state index is 14.1. The fourth-order valence-electron chi connectivity index (χ4n) is 5.94. The number of benzene rings is 2. The Morgan fingerprint density at radius 3 is 2.53 bits per heavy atom. The van der Waals surface area contributed by atoms with Crippen LogP contribution in [0.1, 0.15) is 50.3 Å². The minimum absolute atomic E-state index is 0.0127. The van der Waals surface area contributed by atoms with Crippen molar-refractivity contribution in [2.45, 2.75) is 52.9 Å². The van der Waals surface area contributed by atoms with E-state index in [1.807, 2.05) is 70.2 Å². The zero-order valence-electron chi connectivity index (χ0n) is 21.3. The summed E-state index contributed by atoms with van der Waals surface area (Å²) in [5, 5.41) is 2.93. The number of nitrogens with zero attached hydrogens (tertiary/aromatic N) is 1. The molecule has 0 saturated heterocycles. The second kappa shape index (κ2) is 8.08. The van der Waals surface area contributed by atoms with Crippen molar-refractivity contribution in [3.05, 3.63) is 81.8 Å². The fourth-order valence-corrected chi connectivity index (χ4v) is 5.94. The van der Waals surface area contributed by atoms with E-state index in [1.54, 1.807) is 11.8 Å². The third kappa shape index (κ3) is 3.22. The number of allylic oxidation sites excluding steroid dienone is 1. The van der Waals surface area contributed by atoms with Crippen LogP contribution in [0, 0.1) is 19.3 Å². The van der Waals surface area contributed by atoms with Gasteiger partial charge in [0.25, 0.3) is 0 Å². The molecule has 3 aliphatic rings. The molecule has 1 amide bonds. The number of nitrogens with one attached hydrogen (secondary N) is 1. The number of fused-ring (bicyclic) bond motifs is 3. The van der Waals surface area contributed by atoms with Crippen LogP contribution in [0.25, 0.3) is 0 Å². The molecule has 1 unspecified atom stereocenters. The second-order valence-corrected chi connectivity index (χ2v) is 10.6. The molecule has 2 heterocycles. The van der Waals surface area contributed by atoms with Crippen LogP contribution in [0.2, 0.25) is 0 Å². The van der Waals surface area contributed by atoms with Crippen LogP contribution in [0.5, 0.6) is 0 Å². The highest BCUT2D eigenvalue weighted by molar-refractivity contribution is 6.23. The zero-order valence-corrected chi connectivity index (χ0v) is 21.3. The Balaban J connectivity index is 1.95. The van der Waals surface area contributed by atoms with Crippen LogP contribution < -0.4 is 16.0 Å². The second-order valence-electron chi connectivity index (χ2n) is 10.6. The van der Waals surface area contributed by atoms with Gasteiger partial charge in [-0.15, -0.1) is 0 Å². The lowest BCUT2D eigenvalue weighted by atomic mass is 9.60. The fraction of sp³-hybridized carbons (Fsp3) is 0.345. The first-order chi connectivity index (χ1) is 17.0. The molecule has 7 nitrogen and oxygen atoms in total. The number of nitrogens with two attached hydrogens (primary N) is 1. The molecular formula is C29H31N3O4. The van der Waals surface area contributed by atoms with Gasteiger partial charge in [0.1, 0.15) is 16.8 Å². The van der Waals surface area contributed by atoms with Crippen molar-refractivity contribution in [2.24, 2.45) is 11.1 Å². The smallest absolute Gasteiger partial charge is 0.339 e. The van der Waals surface area contributed by atoms with Gasteiger partial charge in [0.05, 0.1) is 12.3 Å². The Morgan fingerprint density at radius 2 is 1.83 bits per heavy atom. The van der Waals surface area contributed by atoms with Gasteiger partial charge in [-0.25, -0.2) is 4.79 Å². The summed E-state index contributed by atoms with van der Waals surface area (Å²) in [5.74, 6) is -1.23. The van der Waals surface area contributed by atoms with Crippen molar-refractivity contribution < 1.29 is 19.1 Å². The average Bonchev–Trinajstić information content (AvgIpc) is 3.05. The van der Waals surface area contributed by atoms with Gasteiger partial charge in [-0.3, -0.25) is 14.5 Å². The van der Waals surface area contributed by atoms with Gasteiger partial charge < -0.3 is 15.8 Å². The number of hydrogen-bond acceptors (Lipinski definition) is 6. The molecule has 3 N–H and O–H groups in total. The predicted octanol–water partition coefficient (Wildman–Crippen LogP) is 4.39. The van der Waals surface area contributed by atoms with Crippen molar-refractivity contribution in [2.75, 3.05) is 16.8 Å². The van der Waals surface area contributed by atoms with Gasteiger partial charge in [0.2, 0.25) is 5.91 Å². The Morgan fingerprint density at radius 1 is 1.11 bits per heavy atom. The lowest BCUT2D eigenvalue weighted by Crippen LogP contribution is -2.54. The first-order valence-electron chi connectivity index (χ1n) is 12.3. The number of aryl methyl sites for hydroxylation is 2. The van der Waals surface area contributed by atoms with Crippen LogP contribution in [0.3, 0.4) is 0 Å². The molecule has 5 rings (SSSR count). The molecule has 2 aromatic rings. The molecule has 2 aliphatic heterocycles. The summed E-state index contributed by atoms with van der Waals surface area (Å²) < 4.78 is 5.49. The summed E-state index contributed by atoms with van der Waals surface area (Å²) in [6, 6.07) is 13.2. The van der Waals surface area contributed by atoms with E-state index in [-0.39, 0.29) is 35.6 Å². The Kier molecular flexibility index (Phi) is 5.36. The van der Waals surface area contributed by atoms with E-state index < -0.39 is 17.3 Å². The number of rotatable bonds is 3. The standard InChI is InChI=1S/C29H31N3O4/c1-6-36-26(34)24-25(30)32(20-10-8-7-9-17(20)3)21-14-28(4,5)15-22(33)23(21)29(24)18-13-16(2)11-12-19(18)31-27(29)35/h7-13H,6,14-15,30H2,1-5H3,(H,31,35). The Bertz CT molecular complexity index is 1400. The zero-order chi connectivity index (χ0) is 26.0. The molecule has 2 aromatic carbocycles. The highest BCUT2D eigenvalue weighted by Gasteiger charge is 2.63. The molecule has 7 heteroatoms. The Labute approximate surface area is 211 Å². The number of ether oxygens (including phenoxy) is 1. The average molecular weight is 486 g/mol. The van der Waals surface area contributed by atoms with Crippen LogP contribution in [0.15, 0.2) is 65.1 Å². The summed E-state index contributed by atoms with van der Waals surface area (Å²) in [5.41, 5.74) is 9.51. The number of anilines is 2. The quantitative estimate of drug-likeness (QED) is 0.626. The number of hydrogen-bond donors (Lipinski definition) is 2. The third-order valence-electron chi connectivity index (χ3n) is 7.37. The SMILES string of the molecule is CCOC(=O)C1=C(N)N(c2ccccc2C)C2=C(C(=O)CC(C)(C)C2)C12C(=O)Nc1ccc(C)cc12. The van der Waals surface area contributed by atoms with E-state index in [4.69, 9.17) is 10.5 Å². The van der Waals surface area contributed by atoms with Crippen LogP contribution >= 0.6 is 0 Å². The van der Waals surface area contributed by atoms with Crippen LogP contribution in [-0.2, 0) is 24.5 Å². The molecule has 186 valence electrons. The molecule has 1 spiro atoms. The van der Waals surface area contributed by atoms with Gasteiger partial charge in [0.15, 0.2) is 5.78 Å². The van der Waals surface area contributed by atoms with Crippen molar-refractivity contribution in [1.82, 2.24) is 0 Å². The summed E-state index contributed by atoms with van der Waals surface area (Å²) in [6.07, 6.45) is 0.759. The van der Waals surface area contributed by atoms with E-state index in [2.05, 4.69) is 5.32 Å². The number of Topliss-reactive ketones (excluding diaryl/α,β-unsaturated/α-hetero) is 1. The molecular weight excluding hydrogens is 454 g/mol.